The van der Waals surface area contributed by atoms with Gasteiger partial charge in [0.25, 0.3) is 5.91 Å². The fraction of sp³-hybridized carbons (Fsp3) is 0.842. The Labute approximate surface area is 288 Å². The maximum atomic E-state index is 15.4. The van der Waals surface area contributed by atoms with Crippen molar-refractivity contribution in [3.63, 3.8) is 0 Å². The van der Waals surface area contributed by atoms with Gasteiger partial charge < -0.3 is 15.5 Å². The van der Waals surface area contributed by atoms with E-state index in [1.807, 2.05) is 0 Å². The number of nitrogens with zero attached hydrogens (tertiary/aromatic N) is 1. The van der Waals surface area contributed by atoms with Crippen LogP contribution in [0.3, 0.4) is 0 Å². The molecule has 0 aromatic heterocycles. The van der Waals surface area contributed by atoms with Gasteiger partial charge in [-0.25, -0.2) is 8.42 Å². The molecule has 5 fully saturated rings. The number of rotatable bonds is 12. The molecule has 1 saturated heterocycles. The molecule has 2 unspecified atom stereocenters. The number of terminal acetylenes is 1. The molecule has 3 amide bonds. The monoisotopic (exact) mass is 685 g/mol. The van der Waals surface area contributed by atoms with Crippen LogP contribution >= 0.6 is 0 Å². The molecular formula is C38H59N3O6S. The van der Waals surface area contributed by atoms with Crippen LogP contribution in [0.25, 0.3) is 0 Å². The molecule has 2 N–H and O–H groups in total. The minimum absolute atomic E-state index is 0.0245. The third-order valence-electron chi connectivity index (χ3n) is 13.0. The molecule has 9 nitrogen and oxygen atoms in total. The number of fused-ring (bicyclic) bond motifs is 1. The van der Waals surface area contributed by atoms with Gasteiger partial charge in [0, 0.05) is 6.54 Å². The predicted octanol–water partition coefficient (Wildman–Crippen LogP) is 4.82. The third-order valence-corrected chi connectivity index (χ3v) is 15.9. The lowest BCUT2D eigenvalue weighted by Gasteiger charge is -2.53. The van der Waals surface area contributed by atoms with Crippen LogP contribution in [0, 0.1) is 52.3 Å². The lowest BCUT2D eigenvalue weighted by atomic mass is 9.54. The maximum absolute atomic E-state index is 15.4. The average molecular weight is 686 g/mol. The van der Waals surface area contributed by atoms with Gasteiger partial charge in [-0.3, -0.25) is 19.2 Å². The second-order valence-electron chi connectivity index (χ2n) is 17.8. The minimum Gasteiger partial charge on any atom is -0.344 e. The van der Waals surface area contributed by atoms with Gasteiger partial charge in [0.05, 0.1) is 29.0 Å². The fourth-order valence-electron chi connectivity index (χ4n) is 9.85. The summed E-state index contributed by atoms with van der Waals surface area (Å²) in [7, 11) is -3.56. The zero-order valence-corrected chi connectivity index (χ0v) is 31.0. The number of hydrogen-bond acceptors (Lipinski definition) is 6. The summed E-state index contributed by atoms with van der Waals surface area (Å²) >= 11 is 0. The summed E-state index contributed by atoms with van der Waals surface area (Å²) in [4.78, 5) is 57.6. The van der Waals surface area contributed by atoms with Gasteiger partial charge in [-0.1, -0.05) is 78.1 Å². The van der Waals surface area contributed by atoms with Crippen molar-refractivity contribution in [1.29, 1.82) is 0 Å². The molecule has 5 aliphatic rings. The largest absolute Gasteiger partial charge is 0.344 e. The number of likely N-dealkylation sites (tertiary alicyclic amines) is 1. The number of sulfone groups is 1. The zero-order valence-electron chi connectivity index (χ0n) is 30.2. The van der Waals surface area contributed by atoms with Gasteiger partial charge in [0.1, 0.15) is 6.04 Å². The van der Waals surface area contributed by atoms with E-state index in [2.05, 4.69) is 37.3 Å². The SMILES string of the molecule is C#CCNC(=O)C(=O)C(CC1CC1)NC(=O)[C@@H]1[C@@H]2[C@H](CN1C(=O)C(C1(C)CCCCC1)C1(CS(=O)(=O)C(C)(C)C)CCCCC1)C2(C)C. The van der Waals surface area contributed by atoms with Crippen molar-refractivity contribution in [3.05, 3.63) is 0 Å². The summed E-state index contributed by atoms with van der Waals surface area (Å²) in [5, 5.41) is 5.39. The Kier molecular flexibility index (Phi) is 10.3. The van der Waals surface area contributed by atoms with Crippen molar-refractivity contribution in [1.82, 2.24) is 15.5 Å². The molecule has 48 heavy (non-hydrogen) atoms. The van der Waals surface area contributed by atoms with Crippen LogP contribution in [0.1, 0.15) is 125 Å². The highest BCUT2D eigenvalue weighted by molar-refractivity contribution is 7.92. The summed E-state index contributed by atoms with van der Waals surface area (Å²) in [6, 6.07) is -1.77. The van der Waals surface area contributed by atoms with E-state index in [4.69, 9.17) is 6.42 Å². The number of hydrogen-bond donors (Lipinski definition) is 2. The van der Waals surface area contributed by atoms with E-state index in [9.17, 15) is 22.8 Å². The molecule has 5 rings (SSSR count). The molecular weight excluding hydrogens is 627 g/mol. The minimum atomic E-state index is -3.56. The first-order valence-corrected chi connectivity index (χ1v) is 20.1. The second kappa shape index (κ2) is 13.4. The van der Waals surface area contributed by atoms with Gasteiger partial charge >= 0.3 is 0 Å². The Hall–Kier alpha value is -2.41. The first-order chi connectivity index (χ1) is 22.4. The van der Waals surface area contributed by atoms with Crippen LogP contribution in [-0.2, 0) is 29.0 Å². The van der Waals surface area contributed by atoms with Crippen LogP contribution in [0.4, 0.5) is 0 Å². The molecule has 4 saturated carbocycles. The van der Waals surface area contributed by atoms with Crippen molar-refractivity contribution in [3.8, 4) is 12.3 Å². The molecule has 0 radical (unpaired) electrons. The van der Waals surface area contributed by atoms with Crippen molar-refractivity contribution in [2.75, 3.05) is 18.8 Å². The van der Waals surface area contributed by atoms with Gasteiger partial charge in [0.15, 0.2) is 9.84 Å². The van der Waals surface area contributed by atoms with Gasteiger partial charge in [0.2, 0.25) is 17.6 Å². The van der Waals surface area contributed by atoms with E-state index >= 15 is 4.79 Å². The summed E-state index contributed by atoms with van der Waals surface area (Å²) in [6.07, 6.45) is 16.5. The van der Waals surface area contributed by atoms with Crippen molar-refractivity contribution in [2.45, 2.75) is 142 Å². The van der Waals surface area contributed by atoms with E-state index in [-0.39, 0.29) is 46.8 Å². The van der Waals surface area contributed by atoms with Crippen LogP contribution in [0.5, 0.6) is 0 Å². The molecule has 268 valence electrons. The van der Waals surface area contributed by atoms with Gasteiger partial charge in [-0.15, -0.1) is 6.42 Å². The molecule has 0 spiro atoms. The van der Waals surface area contributed by atoms with E-state index < -0.39 is 55.6 Å². The highest BCUT2D eigenvalue weighted by Crippen LogP contribution is 2.66. The summed E-state index contributed by atoms with van der Waals surface area (Å²) < 4.78 is 27.1. The van der Waals surface area contributed by atoms with Crippen LogP contribution in [0.2, 0.25) is 0 Å². The van der Waals surface area contributed by atoms with Crippen molar-refractivity contribution >= 4 is 33.3 Å². The summed E-state index contributed by atoms with van der Waals surface area (Å²) in [5.74, 6) is 0.0645. The zero-order chi connectivity index (χ0) is 35.3. The first kappa shape index (κ1) is 36.9. The molecule has 4 aliphatic carbocycles. The van der Waals surface area contributed by atoms with Crippen LogP contribution < -0.4 is 10.6 Å². The Morgan fingerprint density at radius 1 is 0.938 bits per heavy atom. The van der Waals surface area contributed by atoms with Crippen LogP contribution in [-0.4, -0.2) is 72.5 Å². The van der Waals surface area contributed by atoms with Gasteiger partial charge in [-0.05, 0) is 86.9 Å². The number of piperidine rings is 1. The lowest BCUT2D eigenvalue weighted by Crippen LogP contribution is -2.60. The number of carbonyl (C=O) groups excluding carboxylic acids is 4. The molecule has 0 aromatic carbocycles. The van der Waals surface area contributed by atoms with E-state index in [1.54, 1.807) is 25.7 Å². The molecule has 1 aliphatic heterocycles. The molecule has 0 aromatic rings. The standard InChI is InChI=1S/C38H59N3O6S/c1-8-21-39-33(44)30(42)27(22-25-15-16-25)40-32(43)29-28-26(36(28,5)6)23-41(29)34(45)31(37(7)17-11-9-12-18-37)38(19-13-10-14-20-38)24-48(46,47)35(2,3)4/h1,25-29,31H,9-24H2,2-7H3,(H,39,44)(H,40,43)/t26-,27?,28-,29-,31?/m0/s1. The van der Waals surface area contributed by atoms with Crippen molar-refractivity contribution < 1.29 is 27.6 Å². The lowest BCUT2D eigenvalue weighted by molar-refractivity contribution is -0.156. The third kappa shape index (κ3) is 7.09. The average Bonchev–Trinajstić information content (AvgIpc) is 3.86. The molecule has 10 heteroatoms. The normalized spacial score (nSPS) is 28.7. The quantitative estimate of drug-likeness (QED) is 0.224. The maximum Gasteiger partial charge on any atom is 0.290 e. The number of nitrogens with one attached hydrogen (secondary N) is 2. The summed E-state index contributed by atoms with van der Waals surface area (Å²) in [5.41, 5.74) is -1.25. The van der Waals surface area contributed by atoms with Crippen molar-refractivity contribution in [2.24, 2.45) is 39.9 Å². The Bertz CT molecular complexity index is 1420. The molecule has 0 bridgehead atoms. The number of carbonyl (C=O) groups is 4. The first-order valence-electron chi connectivity index (χ1n) is 18.5. The Balaban J connectivity index is 1.51. The predicted molar refractivity (Wildman–Crippen MR) is 186 cm³/mol. The Morgan fingerprint density at radius 2 is 1.52 bits per heavy atom. The molecule has 1 heterocycles. The number of ketones is 1. The highest BCUT2D eigenvalue weighted by Gasteiger charge is 2.70. The highest BCUT2D eigenvalue weighted by atomic mass is 32.2. The van der Waals surface area contributed by atoms with Gasteiger partial charge in [-0.2, -0.15) is 0 Å². The molecule has 5 atom stereocenters. The fourth-order valence-corrected chi connectivity index (χ4v) is 11.5. The topological polar surface area (TPSA) is 130 Å². The smallest absolute Gasteiger partial charge is 0.290 e. The Morgan fingerprint density at radius 3 is 2.06 bits per heavy atom. The second-order valence-corrected chi connectivity index (χ2v) is 20.6. The van der Waals surface area contributed by atoms with E-state index in [1.165, 1.54) is 0 Å². The van der Waals surface area contributed by atoms with E-state index in [0.29, 0.717) is 25.8 Å². The number of Topliss-reactive ketones (excluding diaryl/α,β-unsaturated/α-hetero) is 1. The van der Waals surface area contributed by atoms with E-state index in [0.717, 1.165) is 64.2 Å². The number of amides is 3. The van der Waals surface area contributed by atoms with Crippen LogP contribution in [0.15, 0.2) is 0 Å². The summed E-state index contributed by atoms with van der Waals surface area (Å²) in [6.45, 7) is 12.1.